The molecule has 0 saturated carbocycles. The zero-order valence-electron chi connectivity index (χ0n) is 13.6. The summed E-state index contributed by atoms with van der Waals surface area (Å²) in [6, 6.07) is 0.330. The van der Waals surface area contributed by atoms with Gasteiger partial charge >= 0.3 is 0 Å². The van der Waals surface area contributed by atoms with Gasteiger partial charge in [0.1, 0.15) is 0 Å². The zero-order chi connectivity index (χ0) is 15.4. The lowest BCUT2D eigenvalue weighted by atomic mass is 10.2. The maximum atomic E-state index is 9.51. The van der Waals surface area contributed by atoms with Gasteiger partial charge in [0.2, 0.25) is 5.95 Å². The first-order valence-electron chi connectivity index (χ1n) is 7.94. The molecule has 0 amide bonds. The Morgan fingerprint density at radius 1 is 1.19 bits per heavy atom. The van der Waals surface area contributed by atoms with Crippen molar-refractivity contribution < 1.29 is 5.11 Å². The van der Waals surface area contributed by atoms with Crippen LogP contribution in [0.2, 0.25) is 0 Å². The number of rotatable bonds is 5. The monoisotopic (exact) mass is 293 g/mol. The summed E-state index contributed by atoms with van der Waals surface area (Å²) in [5.74, 6) is 0.744. The van der Waals surface area contributed by atoms with E-state index in [0.717, 1.165) is 56.4 Å². The third-order valence-corrected chi connectivity index (χ3v) is 3.99. The second kappa shape index (κ2) is 7.13. The Labute approximate surface area is 127 Å². The molecule has 1 aromatic rings. The highest BCUT2D eigenvalue weighted by Crippen LogP contribution is 2.17. The normalized spacial score (nSPS) is 21.6. The molecule has 0 spiro atoms. The molecule has 1 aromatic heterocycles. The van der Waals surface area contributed by atoms with Crippen molar-refractivity contribution in [2.75, 3.05) is 31.1 Å². The van der Waals surface area contributed by atoms with Crippen molar-refractivity contribution in [3.8, 4) is 0 Å². The van der Waals surface area contributed by atoms with E-state index in [2.05, 4.69) is 40.8 Å². The Morgan fingerprint density at radius 3 is 2.48 bits per heavy atom. The minimum atomic E-state index is -0.280. The molecule has 1 aliphatic rings. The van der Waals surface area contributed by atoms with Gasteiger partial charge in [0, 0.05) is 32.2 Å². The first-order chi connectivity index (χ1) is 10.0. The molecule has 2 unspecified atom stereocenters. The fraction of sp³-hybridized carbons (Fsp3) is 0.800. The van der Waals surface area contributed by atoms with E-state index in [9.17, 15) is 5.11 Å². The summed E-state index contributed by atoms with van der Waals surface area (Å²) >= 11 is 0. The van der Waals surface area contributed by atoms with Gasteiger partial charge in [0.15, 0.2) is 0 Å². The van der Waals surface area contributed by atoms with E-state index in [1.165, 1.54) is 0 Å². The molecule has 2 atom stereocenters. The number of hydrogen-bond acceptors (Lipinski definition) is 6. The molecule has 2 rings (SSSR count). The summed E-state index contributed by atoms with van der Waals surface area (Å²) in [6.45, 7) is 11.7. The molecule has 1 N–H and O–H groups in total. The minimum Gasteiger partial charge on any atom is -0.392 e. The summed E-state index contributed by atoms with van der Waals surface area (Å²) in [5.41, 5.74) is 2.06. The van der Waals surface area contributed by atoms with E-state index in [4.69, 9.17) is 4.98 Å². The standard InChI is InChI=1S/C15H27N5O/c1-5-13-14(6-2)17-18-15(16-13)20-8-7-19(9-11(20)3)10-12(4)21/h11-12,21H,5-10H2,1-4H3. The van der Waals surface area contributed by atoms with Gasteiger partial charge in [-0.3, -0.25) is 4.90 Å². The third-order valence-electron chi connectivity index (χ3n) is 3.99. The molecule has 0 aliphatic carbocycles. The number of aliphatic hydroxyl groups excluding tert-OH is 1. The average molecular weight is 293 g/mol. The number of anilines is 1. The van der Waals surface area contributed by atoms with Crippen LogP contribution >= 0.6 is 0 Å². The van der Waals surface area contributed by atoms with Gasteiger partial charge in [-0.2, -0.15) is 5.10 Å². The zero-order valence-corrected chi connectivity index (χ0v) is 13.6. The highest BCUT2D eigenvalue weighted by atomic mass is 16.3. The first kappa shape index (κ1) is 16.1. The van der Waals surface area contributed by atoms with Crippen LogP contribution in [0.4, 0.5) is 5.95 Å². The molecule has 6 nitrogen and oxygen atoms in total. The molecule has 6 heteroatoms. The molecular weight excluding hydrogens is 266 g/mol. The van der Waals surface area contributed by atoms with E-state index < -0.39 is 0 Å². The number of aromatic nitrogens is 3. The van der Waals surface area contributed by atoms with Crippen LogP contribution in [0, 0.1) is 0 Å². The Morgan fingerprint density at radius 2 is 1.90 bits per heavy atom. The van der Waals surface area contributed by atoms with Crippen LogP contribution in [0.25, 0.3) is 0 Å². The summed E-state index contributed by atoms with van der Waals surface area (Å²) < 4.78 is 0. The van der Waals surface area contributed by atoms with Crippen molar-refractivity contribution in [1.29, 1.82) is 0 Å². The number of β-amino-alcohol motifs (C(OH)–C–C–N with tert-alkyl or cyclic N) is 1. The topological polar surface area (TPSA) is 65.4 Å². The van der Waals surface area contributed by atoms with Crippen molar-refractivity contribution >= 4 is 5.95 Å². The molecule has 1 saturated heterocycles. The second-order valence-electron chi connectivity index (χ2n) is 5.86. The third kappa shape index (κ3) is 3.89. The molecule has 0 radical (unpaired) electrons. The van der Waals surface area contributed by atoms with Gasteiger partial charge in [0.05, 0.1) is 17.5 Å². The van der Waals surface area contributed by atoms with Crippen LogP contribution in [0.15, 0.2) is 0 Å². The van der Waals surface area contributed by atoms with E-state index >= 15 is 0 Å². The summed E-state index contributed by atoms with van der Waals surface area (Å²) in [5, 5.41) is 18.2. The van der Waals surface area contributed by atoms with Crippen LogP contribution < -0.4 is 4.90 Å². The van der Waals surface area contributed by atoms with E-state index in [0.29, 0.717) is 6.04 Å². The second-order valence-corrected chi connectivity index (χ2v) is 5.86. The van der Waals surface area contributed by atoms with Gasteiger partial charge in [-0.25, -0.2) is 4.98 Å². The van der Waals surface area contributed by atoms with E-state index in [1.807, 2.05) is 6.92 Å². The summed E-state index contributed by atoms with van der Waals surface area (Å²) in [6.07, 6.45) is 1.49. The molecule has 118 valence electrons. The Hall–Kier alpha value is -1.27. The van der Waals surface area contributed by atoms with E-state index in [-0.39, 0.29) is 6.10 Å². The molecule has 2 heterocycles. The van der Waals surface area contributed by atoms with Gasteiger partial charge in [-0.1, -0.05) is 13.8 Å². The molecule has 0 aromatic carbocycles. The largest absolute Gasteiger partial charge is 0.392 e. The fourth-order valence-electron chi connectivity index (χ4n) is 2.92. The highest BCUT2D eigenvalue weighted by molar-refractivity contribution is 5.33. The number of hydrogen-bond donors (Lipinski definition) is 1. The SMILES string of the molecule is CCc1nnc(N2CCN(CC(C)O)CC2C)nc1CC. The minimum absolute atomic E-state index is 0.280. The summed E-state index contributed by atoms with van der Waals surface area (Å²) in [7, 11) is 0. The first-order valence-corrected chi connectivity index (χ1v) is 7.94. The predicted octanol–water partition coefficient (Wildman–Crippen LogP) is 0.888. The Bertz CT molecular complexity index is 465. The number of piperazine rings is 1. The lowest BCUT2D eigenvalue weighted by Gasteiger charge is -2.40. The van der Waals surface area contributed by atoms with Gasteiger partial charge in [0.25, 0.3) is 0 Å². The van der Waals surface area contributed by atoms with Crippen LogP contribution in [-0.4, -0.2) is 63.5 Å². The van der Waals surface area contributed by atoms with Crippen molar-refractivity contribution in [3.63, 3.8) is 0 Å². The smallest absolute Gasteiger partial charge is 0.245 e. The number of aliphatic hydroxyl groups is 1. The molecule has 21 heavy (non-hydrogen) atoms. The average Bonchev–Trinajstić information content (AvgIpc) is 2.46. The van der Waals surface area contributed by atoms with Crippen molar-refractivity contribution in [1.82, 2.24) is 20.1 Å². The van der Waals surface area contributed by atoms with Crippen LogP contribution in [0.3, 0.4) is 0 Å². The summed E-state index contributed by atoms with van der Waals surface area (Å²) in [4.78, 5) is 9.22. The number of aryl methyl sites for hydroxylation is 2. The lowest BCUT2D eigenvalue weighted by Crippen LogP contribution is -2.53. The molecule has 0 bridgehead atoms. The molecule has 1 fully saturated rings. The quantitative estimate of drug-likeness (QED) is 0.870. The van der Waals surface area contributed by atoms with Crippen LogP contribution in [0.5, 0.6) is 0 Å². The highest BCUT2D eigenvalue weighted by Gasteiger charge is 2.26. The van der Waals surface area contributed by atoms with Crippen molar-refractivity contribution in [2.24, 2.45) is 0 Å². The Kier molecular flexibility index (Phi) is 5.47. The Balaban J connectivity index is 2.09. The fourth-order valence-corrected chi connectivity index (χ4v) is 2.92. The van der Waals surface area contributed by atoms with Crippen LogP contribution in [0.1, 0.15) is 39.1 Å². The van der Waals surface area contributed by atoms with Gasteiger partial charge in [-0.05, 0) is 26.7 Å². The van der Waals surface area contributed by atoms with Crippen molar-refractivity contribution in [3.05, 3.63) is 11.4 Å². The number of nitrogens with zero attached hydrogens (tertiary/aromatic N) is 5. The van der Waals surface area contributed by atoms with Gasteiger partial charge < -0.3 is 10.0 Å². The van der Waals surface area contributed by atoms with Crippen LogP contribution in [-0.2, 0) is 12.8 Å². The maximum absolute atomic E-state index is 9.51. The predicted molar refractivity (Wildman–Crippen MR) is 83.5 cm³/mol. The molecule has 1 aliphatic heterocycles. The van der Waals surface area contributed by atoms with E-state index in [1.54, 1.807) is 0 Å². The molecular formula is C15H27N5O. The lowest BCUT2D eigenvalue weighted by molar-refractivity contribution is 0.114. The van der Waals surface area contributed by atoms with Crippen molar-refractivity contribution in [2.45, 2.75) is 52.7 Å². The van der Waals surface area contributed by atoms with Gasteiger partial charge in [-0.15, -0.1) is 5.10 Å². The maximum Gasteiger partial charge on any atom is 0.245 e.